The lowest BCUT2D eigenvalue weighted by Crippen LogP contribution is -2.21. The van der Waals surface area contributed by atoms with Crippen molar-refractivity contribution in [1.29, 1.82) is 0 Å². The molecule has 8 atom stereocenters. The highest BCUT2D eigenvalue weighted by Gasteiger charge is 2.57. The first-order chi connectivity index (χ1) is 32.8. The van der Waals surface area contributed by atoms with Crippen LogP contribution in [0.15, 0.2) is 146 Å². The maximum absolute atomic E-state index is 12.8. The zero-order chi connectivity index (χ0) is 46.9. The van der Waals surface area contributed by atoms with Gasteiger partial charge in [0.15, 0.2) is 0 Å². The summed E-state index contributed by atoms with van der Waals surface area (Å²) in [7, 11) is 0. The van der Waals surface area contributed by atoms with Crippen molar-refractivity contribution in [2.75, 3.05) is 0 Å². The standard InChI is InChI=1S/C56H42O12/c57-30-9-1-25(2-10-30)44-47-38(20-36(63)22-40(47)65)50-52-43(68-56(50)28-7-15-33(60)16-8-28)24-41(66)51-49(45(53(44)54(51)52)26-3-11-31(58)12-4-26)39-21-37(64)23-42-48(39)46(29-17-34(61)19-35(62)18-29)55(67-42)27-5-13-32(59)14-6-27/h1-24,44-46,49-50,53,55-66H/t44-,45-,46+,49-,50?,53-,55-,56+/m1/s1. The van der Waals surface area contributed by atoms with E-state index in [4.69, 9.17) is 9.47 Å². The van der Waals surface area contributed by atoms with Gasteiger partial charge in [0, 0.05) is 70.2 Å². The van der Waals surface area contributed by atoms with Gasteiger partial charge in [-0.2, -0.15) is 0 Å². The van der Waals surface area contributed by atoms with Crippen LogP contribution in [0.2, 0.25) is 0 Å². The second kappa shape index (κ2) is 14.9. The molecule has 0 spiro atoms. The SMILES string of the molecule is Oc1ccc([C@@H]2c3c(O)cc(O)cc3C3c4c(cc(O)c5c4[C@H]2[C@H](c2ccc(O)cc2)[C@H]5c2cc(O)cc4c2[C@H](c2cc(O)cc(O)c2)[C@@H](c2ccc(O)cc2)O4)O[C@H]3c2ccc(O)cc2)cc1. The Morgan fingerprint density at radius 3 is 1.26 bits per heavy atom. The Kier molecular flexibility index (Phi) is 8.97. The monoisotopic (exact) mass is 906 g/mol. The van der Waals surface area contributed by atoms with Crippen molar-refractivity contribution in [3.8, 4) is 69.0 Å². The van der Waals surface area contributed by atoms with E-state index in [9.17, 15) is 51.1 Å². The van der Waals surface area contributed by atoms with Crippen LogP contribution in [0, 0.1) is 0 Å². The third-order valence-electron chi connectivity index (χ3n) is 14.4. The molecule has 338 valence electrons. The quantitative estimate of drug-likeness (QED) is 0.0753. The first kappa shape index (κ1) is 40.8. The molecule has 0 saturated carbocycles. The molecule has 4 aliphatic rings. The van der Waals surface area contributed by atoms with Crippen molar-refractivity contribution < 1.29 is 60.5 Å². The number of hydrogen-bond donors (Lipinski definition) is 10. The molecule has 8 aromatic rings. The molecule has 2 aliphatic carbocycles. The number of fused-ring (bicyclic) bond motifs is 3. The van der Waals surface area contributed by atoms with E-state index in [1.807, 2.05) is 12.1 Å². The summed E-state index contributed by atoms with van der Waals surface area (Å²) in [4.78, 5) is 0. The van der Waals surface area contributed by atoms with Gasteiger partial charge >= 0.3 is 0 Å². The van der Waals surface area contributed by atoms with E-state index in [0.29, 0.717) is 72.7 Å². The minimum atomic E-state index is -0.838. The van der Waals surface area contributed by atoms with Crippen molar-refractivity contribution in [3.05, 3.63) is 212 Å². The second-order valence-electron chi connectivity index (χ2n) is 18.2. The topological polar surface area (TPSA) is 221 Å². The van der Waals surface area contributed by atoms with Crippen LogP contribution >= 0.6 is 0 Å². The van der Waals surface area contributed by atoms with E-state index in [2.05, 4.69) is 0 Å². The summed E-state index contributed by atoms with van der Waals surface area (Å²) in [5, 5.41) is 112. The minimum absolute atomic E-state index is 0.0105. The molecule has 1 unspecified atom stereocenters. The van der Waals surface area contributed by atoms with Gasteiger partial charge in [-0.25, -0.2) is 0 Å². The fourth-order valence-electron chi connectivity index (χ4n) is 12.0. The van der Waals surface area contributed by atoms with E-state index in [1.165, 1.54) is 30.3 Å². The molecule has 8 aromatic carbocycles. The van der Waals surface area contributed by atoms with E-state index < -0.39 is 47.7 Å². The zero-order valence-electron chi connectivity index (χ0n) is 35.8. The van der Waals surface area contributed by atoms with Crippen LogP contribution in [0.1, 0.15) is 114 Å². The summed E-state index contributed by atoms with van der Waals surface area (Å²) in [6.07, 6.45) is -1.59. The number of ether oxygens (including phenoxy) is 2. The highest BCUT2D eigenvalue weighted by Crippen LogP contribution is 2.72. The van der Waals surface area contributed by atoms with Gasteiger partial charge in [0.1, 0.15) is 81.2 Å². The highest BCUT2D eigenvalue weighted by molar-refractivity contribution is 5.74. The highest BCUT2D eigenvalue weighted by atomic mass is 16.5. The van der Waals surface area contributed by atoms with Crippen molar-refractivity contribution in [1.82, 2.24) is 0 Å². The summed E-state index contributed by atoms with van der Waals surface area (Å²) in [5.74, 6) is -4.72. The Morgan fingerprint density at radius 2 is 0.706 bits per heavy atom. The molecule has 2 aliphatic heterocycles. The molecule has 0 aromatic heterocycles. The number of aromatic hydroxyl groups is 10. The maximum atomic E-state index is 12.8. The number of rotatable bonds is 6. The van der Waals surface area contributed by atoms with Crippen molar-refractivity contribution in [2.24, 2.45) is 0 Å². The van der Waals surface area contributed by atoms with Crippen LogP contribution in [0.4, 0.5) is 0 Å². The summed E-state index contributed by atoms with van der Waals surface area (Å²) in [5.41, 5.74) is 7.26. The van der Waals surface area contributed by atoms with Gasteiger partial charge in [0.05, 0.1) is 11.8 Å². The Bertz CT molecular complexity index is 3310. The molecule has 12 nitrogen and oxygen atoms in total. The average molecular weight is 907 g/mol. The lowest BCUT2D eigenvalue weighted by atomic mass is 9.68. The van der Waals surface area contributed by atoms with Gasteiger partial charge < -0.3 is 60.5 Å². The maximum Gasteiger partial charge on any atom is 0.135 e. The van der Waals surface area contributed by atoms with Gasteiger partial charge in [-0.3, -0.25) is 0 Å². The molecule has 12 rings (SSSR count). The molecule has 10 N–H and O–H groups in total. The molecule has 0 fully saturated rings. The predicted octanol–water partition coefficient (Wildman–Crippen LogP) is 10.4. The van der Waals surface area contributed by atoms with Crippen LogP contribution in [-0.2, 0) is 0 Å². The minimum Gasteiger partial charge on any atom is -0.508 e. The van der Waals surface area contributed by atoms with E-state index in [1.54, 1.807) is 103 Å². The molecule has 2 heterocycles. The Hall–Kier alpha value is -8.64. The Balaban J connectivity index is 1.20. The van der Waals surface area contributed by atoms with Gasteiger partial charge in [-0.1, -0.05) is 48.5 Å². The molecule has 0 bridgehead atoms. The smallest absolute Gasteiger partial charge is 0.135 e. The molecule has 0 saturated heterocycles. The van der Waals surface area contributed by atoms with Crippen LogP contribution in [0.25, 0.3) is 0 Å². The van der Waals surface area contributed by atoms with Crippen LogP contribution in [0.3, 0.4) is 0 Å². The van der Waals surface area contributed by atoms with Gasteiger partial charge in [-0.05, 0) is 117 Å². The number of hydrogen-bond acceptors (Lipinski definition) is 12. The van der Waals surface area contributed by atoms with Gasteiger partial charge in [-0.15, -0.1) is 0 Å². The number of benzene rings is 8. The van der Waals surface area contributed by atoms with E-state index in [-0.39, 0.29) is 57.5 Å². The molecule has 0 radical (unpaired) electrons. The average Bonchev–Trinajstić information content (AvgIpc) is 3.96. The second-order valence-corrected chi connectivity index (χ2v) is 18.2. The van der Waals surface area contributed by atoms with Crippen molar-refractivity contribution >= 4 is 0 Å². The van der Waals surface area contributed by atoms with E-state index >= 15 is 0 Å². The van der Waals surface area contributed by atoms with Crippen LogP contribution < -0.4 is 9.47 Å². The van der Waals surface area contributed by atoms with Crippen molar-refractivity contribution in [2.45, 2.75) is 47.7 Å². The summed E-state index contributed by atoms with van der Waals surface area (Å²) in [6, 6.07) is 38.6. The van der Waals surface area contributed by atoms with Gasteiger partial charge in [0.25, 0.3) is 0 Å². The number of phenolic OH excluding ortho intramolecular Hbond substituents is 10. The fourth-order valence-corrected chi connectivity index (χ4v) is 12.0. The van der Waals surface area contributed by atoms with Crippen molar-refractivity contribution in [3.63, 3.8) is 0 Å². The zero-order valence-corrected chi connectivity index (χ0v) is 35.8. The summed E-state index contributed by atoms with van der Waals surface area (Å²) < 4.78 is 13.7. The normalized spacial score (nSPS) is 22.6. The Labute approximate surface area is 388 Å². The number of phenols is 10. The molecule has 68 heavy (non-hydrogen) atoms. The third-order valence-corrected chi connectivity index (χ3v) is 14.4. The first-order valence-corrected chi connectivity index (χ1v) is 22.2. The lowest BCUT2D eigenvalue weighted by molar-refractivity contribution is 0.221. The van der Waals surface area contributed by atoms with Gasteiger partial charge in [0.2, 0.25) is 0 Å². The summed E-state index contributed by atoms with van der Waals surface area (Å²) >= 11 is 0. The molecule has 0 amide bonds. The molecular formula is C56H42O12. The largest absolute Gasteiger partial charge is 0.508 e. The van der Waals surface area contributed by atoms with Crippen LogP contribution in [-0.4, -0.2) is 51.1 Å². The van der Waals surface area contributed by atoms with Crippen LogP contribution in [0.5, 0.6) is 69.0 Å². The van der Waals surface area contributed by atoms with E-state index in [0.717, 1.165) is 5.56 Å². The third kappa shape index (κ3) is 6.20. The lowest BCUT2D eigenvalue weighted by Gasteiger charge is -2.35. The predicted molar refractivity (Wildman–Crippen MR) is 248 cm³/mol. The summed E-state index contributed by atoms with van der Waals surface area (Å²) in [6.45, 7) is 0. The fraction of sp³-hybridized carbons (Fsp3) is 0.143. The molecule has 12 heteroatoms. The first-order valence-electron chi connectivity index (χ1n) is 22.2. The Morgan fingerprint density at radius 1 is 0.265 bits per heavy atom. The molecular weight excluding hydrogens is 865 g/mol.